The van der Waals surface area contributed by atoms with Gasteiger partial charge in [0.2, 0.25) is 0 Å². The van der Waals surface area contributed by atoms with Gasteiger partial charge in [0.15, 0.2) is 5.79 Å². The van der Waals surface area contributed by atoms with E-state index in [9.17, 15) is 0 Å². The van der Waals surface area contributed by atoms with Crippen LogP contribution in [0, 0.1) is 0 Å². The molecule has 5 heteroatoms. The normalized spacial score (nSPS) is 27.9. The van der Waals surface area contributed by atoms with E-state index in [0.29, 0.717) is 19.8 Å². The number of hydrogen-bond acceptors (Lipinski definition) is 4. The van der Waals surface area contributed by atoms with E-state index in [2.05, 4.69) is 6.58 Å². The van der Waals surface area contributed by atoms with E-state index >= 15 is 0 Å². The third-order valence-corrected chi connectivity index (χ3v) is 5.84. The molecule has 1 aliphatic rings. The van der Waals surface area contributed by atoms with E-state index in [1.165, 1.54) is 0 Å². The van der Waals surface area contributed by atoms with Crippen molar-refractivity contribution < 1.29 is 18.0 Å². The molecule has 1 saturated heterocycles. The largest absolute Gasteiger partial charge is 0.503 e. The van der Waals surface area contributed by atoms with Crippen molar-refractivity contribution in [2.45, 2.75) is 45.4 Å². The summed E-state index contributed by atoms with van der Waals surface area (Å²) in [5, 5.41) is 0. The molecule has 0 spiro atoms. The third-order valence-electron chi connectivity index (χ3n) is 2.76. The second-order valence-electron chi connectivity index (χ2n) is 3.95. The summed E-state index contributed by atoms with van der Waals surface area (Å²) >= 11 is 0. The van der Waals surface area contributed by atoms with Crippen molar-refractivity contribution in [2.24, 2.45) is 0 Å². The van der Waals surface area contributed by atoms with Gasteiger partial charge in [-0.25, -0.2) is 0 Å². The van der Waals surface area contributed by atoms with Crippen LogP contribution in [0.25, 0.3) is 0 Å². The lowest BCUT2D eigenvalue weighted by Gasteiger charge is -2.43. The summed E-state index contributed by atoms with van der Waals surface area (Å²) in [7, 11) is -2.57. The molecule has 1 rings (SSSR count). The van der Waals surface area contributed by atoms with Crippen molar-refractivity contribution in [3.8, 4) is 0 Å². The van der Waals surface area contributed by atoms with Gasteiger partial charge in [-0.2, -0.15) is 0 Å². The van der Waals surface area contributed by atoms with Gasteiger partial charge in [-0.15, -0.1) is 0 Å². The Morgan fingerprint density at radius 3 is 2.35 bits per heavy atom. The zero-order chi connectivity index (χ0) is 12.8. The fourth-order valence-corrected chi connectivity index (χ4v) is 5.00. The highest BCUT2D eigenvalue weighted by Gasteiger charge is 2.51. The van der Waals surface area contributed by atoms with Crippen LogP contribution < -0.4 is 0 Å². The Morgan fingerprint density at radius 2 is 1.88 bits per heavy atom. The molecule has 0 aromatic carbocycles. The second kappa shape index (κ2) is 6.66. The smallest absolute Gasteiger partial charge is 0.374 e. The highest BCUT2D eigenvalue weighted by molar-refractivity contribution is 6.61. The fraction of sp³-hybridized carbons (Fsp3) is 0.833. The quantitative estimate of drug-likeness (QED) is 0.521. The molecule has 0 saturated carbocycles. The van der Waals surface area contributed by atoms with E-state index in [0.717, 1.165) is 18.9 Å². The standard InChI is InChI=1S/C12H24O4Si/c1-5-12(13-6-2)10-9-11-17(16-12,14-7-3)15-8-4/h5H,1,6-11H2,2-4H3. The van der Waals surface area contributed by atoms with Crippen LogP contribution >= 0.6 is 0 Å². The molecule has 4 nitrogen and oxygen atoms in total. The molecule has 1 heterocycles. The maximum atomic E-state index is 6.09. The van der Waals surface area contributed by atoms with Crippen LogP contribution in [0.3, 0.4) is 0 Å². The Morgan fingerprint density at radius 1 is 1.24 bits per heavy atom. The van der Waals surface area contributed by atoms with Gasteiger partial charge in [0.05, 0.1) is 0 Å². The van der Waals surface area contributed by atoms with Crippen molar-refractivity contribution in [3.63, 3.8) is 0 Å². The molecule has 0 aromatic rings. The van der Waals surface area contributed by atoms with Gasteiger partial charge in [0.25, 0.3) is 0 Å². The first-order chi connectivity index (χ1) is 8.16. The molecule has 1 fully saturated rings. The van der Waals surface area contributed by atoms with Crippen molar-refractivity contribution in [1.29, 1.82) is 0 Å². The lowest BCUT2D eigenvalue weighted by Crippen LogP contribution is -2.56. The first kappa shape index (κ1) is 14.9. The van der Waals surface area contributed by atoms with Crippen LogP contribution in [0.15, 0.2) is 12.7 Å². The first-order valence-electron chi connectivity index (χ1n) is 6.41. The SMILES string of the molecule is C=CC1(OCC)CCC[Si](OCC)(OCC)O1. The number of hydrogen-bond donors (Lipinski definition) is 0. The molecule has 0 N–H and O–H groups in total. The minimum absolute atomic E-state index is 0.592. The number of ether oxygens (including phenoxy) is 1. The number of rotatable bonds is 7. The highest BCUT2D eigenvalue weighted by atomic mass is 28.4. The van der Waals surface area contributed by atoms with Crippen LogP contribution in [0.4, 0.5) is 0 Å². The Kier molecular flexibility index (Phi) is 5.82. The molecule has 1 atom stereocenters. The Balaban J connectivity index is 2.81. The highest BCUT2D eigenvalue weighted by Crippen LogP contribution is 2.36. The van der Waals surface area contributed by atoms with Gasteiger partial charge in [0, 0.05) is 32.3 Å². The minimum atomic E-state index is -2.57. The lowest BCUT2D eigenvalue weighted by atomic mass is 10.1. The zero-order valence-electron chi connectivity index (χ0n) is 11.2. The lowest BCUT2D eigenvalue weighted by molar-refractivity contribution is -0.189. The van der Waals surface area contributed by atoms with Crippen molar-refractivity contribution in [2.75, 3.05) is 19.8 Å². The fourth-order valence-electron chi connectivity index (χ4n) is 2.15. The molecular weight excluding hydrogens is 236 g/mol. The van der Waals surface area contributed by atoms with Gasteiger partial charge in [0.1, 0.15) is 0 Å². The van der Waals surface area contributed by atoms with Crippen LogP contribution in [-0.4, -0.2) is 34.4 Å². The molecule has 0 amide bonds. The molecular formula is C12H24O4Si. The summed E-state index contributed by atoms with van der Waals surface area (Å²) in [6, 6.07) is 0.858. The molecule has 0 aromatic heterocycles. The molecule has 0 bridgehead atoms. The predicted molar refractivity (Wildman–Crippen MR) is 68.7 cm³/mol. The second-order valence-corrected chi connectivity index (χ2v) is 6.60. The summed E-state index contributed by atoms with van der Waals surface area (Å²) in [5.41, 5.74) is 0. The average molecular weight is 260 g/mol. The van der Waals surface area contributed by atoms with Gasteiger partial charge < -0.3 is 18.0 Å². The van der Waals surface area contributed by atoms with Crippen molar-refractivity contribution in [3.05, 3.63) is 12.7 Å². The van der Waals surface area contributed by atoms with E-state index < -0.39 is 14.6 Å². The van der Waals surface area contributed by atoms with Crippen LogP contribution in [-0.2, 0) is 18.0 Å². The maximum absolute atomic E-state index is 6.09. The molecule has 0 aliphatic carbocycles. The Hall–Kier alpha value is -0.203. The minimum Gasteiger partial charge on any atom is -0.374 e. The van der Waals surface area contributed by atoms with Crippen LogP contribution in [0.2, 0.25) is 6.04 Å². The summed E-state index contributed by atoms with van der Waals surface area (Å²) < 4.78 is 23.4. The van der Waals surface area contributed by atoms with Crippen molar-refractivity contribution in [1.82, 2.24) is 0 Å². The Bertz CT molecular complexity index is 231. The monoisotopic (exact) mass is 260 g/mol. The summed E-state index contributed by atoms with van der Waals surface area (Å²) in [6.07, 6.45) is 3.53. The molecule has 17 heavy (non-hydrogen) atoms. The maximum Gasteiger partial charge on any atom is 0.503 e. The summed E-state index contributed by atoms with van der Waals surface area (Å²) in [5.74, 6) is -0.719. The van der Waals surface area contributed by atoms with Crippen LogP contribution in [0.5, 0.6) is 0 Å². The predicted octanol–water partition coefficient (Wildman–Crippen LogP) is 2.73. The molecule has 1 unspecified atom stereocenters. The van der Waals surface area contributed by atoms with Gasteiger partial charge in [-0.1, -0.05) is 6.58 Å². The van der Waals surface area contributed by atoms with E-state index in [1.807, 2.05) is 20.8 Å². The van der Waals surface area contributed by atoms with Crippen LogP contribution in [0.1, 0.15) is 33.6 Å². The van der Waals surface area contributed by atoms with E-state index in [4.69, 9.17) is 18.0 Å². The van der Waals surface area contributed by atoms with Gasteiger partial charge in [-0.05, 0) is 33.3 Å². The molecule has 100 valence electrons. The van der Waals surface area contributed by atoms with Crippen molar-refractivity contribution >= 4 is 8.80 Å². The van der Waals surface area contributed by atoms with Gasteiger partial charge >= 0.3 is 8.80 Å². The topological polar surface area (TPSA) is 36.9 Å². The van der Waals surface area contributed by atoms with E-state index in [-0.39, 0.29) is 0 Å². The molecule has 0 radical (unpaired) electrons. The van der Waals surface area contributed by atoms with E-state index in [1.54, 1.807) is 6.08 Å². The average Bonchev–Trinajstić information content (AvgIpc) is 2.30. The summed E-state index contributed by atoms with van der Waals surface area (Å²) in [6.45, 7) is 11.5. The third kappa shape index (κ3) is 3.63. The zero-order valence-corrected chi connectivity index (χ0v) is 12.2. The first-order valence-corrected chi connectivity index (χ1v) is 8.34. The Labute approximate surface area is 105 Å². The van der Waals surface area contributed by atoms with Gasteiger partial charge in [-0.3, -0.25) is 0 Å². The summed E-state index contributed by atoms with van der Waals surface area (Å²) in [4.78, 5) is 0. The molecule has 1 aliphatic heterocycles.